The number of benzene rings is 1. The van der Waals surface area contributed by atoms with Gasteiger partial charge < -0.3 is 10.6 Å². The molecule has 0 atom stereocenters. The van der Waals surface area contributed by atoms with Gasteiger partial charge in [0.05, 0.1) is 0 Å². The summed E-state index contributed by atoms with van der Waals surface area (Å²) in [5, 5.41) is 0.665. The smallest absolute Gasteiger partial charge is 0.180 e. The third-order valence-corrected chi connectivity index (χ3v) is 4.50. The molecule has 1 aromatic heterocycles. The summed E-state index contributed by atoms with van der Waals surface area (Å²) in [4.78, 5) is 10.3. The summed E-state index contributed by atoms with van der Waals surface area (Å²) in [6.07, 6.45) is 1.90. The van der Waals surface area contributed by atoms with Gasteiger partial charge in [0.2, 0.25) is 0 Å². The molecule has 1 aliphatic heterocycles. The average molecular weight is 325 g/mol. The number of nitrogens with zero attached hydrogens (tertiary/aromatic N) is 3. The van der Waals surface area contributed by atoms with E-state index in [-0.39, 0.29) is 12.4 Å². The van der Waals surface area contributed by atoms with Crippen LogP contribution in [0, 0.1) is 6.92 Å². The molecule has 2 heterocycles. The zero-order valence-corrected chi connectivity index (χ0v) is 13.8. The fraction of sp³-hybridized carbons (Fsp3) is 0.400. The van der Waals surface area contributed by atoms with Crippen LogP contribution in [0.2, 0.25) is 0 Å². The predicted octanol–water partition coefficient (Wildman–Crippen LogP) is 2.78. The Morgan fingerprint density at radius 3 is 2.62 bits per heavy atom. The third-order valence-electron chi connectivity index (χ3n) is 3.69. The number of thiazole rings is 1. The van der Waals surface area contributed by atoms with Crippen LogP contribution >= 0.6 is 23.7 Å². The maximum absolute atomic E-state index is 5.68. The largest absolute Gasteiger partial charge is 0.375 e. The van der Waals surface area contributed by atoms with Crippen LogP contribution < -0.4 is 10.6 Å². The summed E-state index contributed by atoms with van der Waals surface area (Å²) in [6, 6.07) is 8.75. The molecular weight excluding hydrogens is 304 g/mol. The molecule has 1 saturated heterocycles. The Balaban J connectivity index is 0.00000161. The fourth-order valence-corrected chi connectivity index (χ4v) is 3.33. The Hall–Kier alpha value is -1.30. The van der Waals surface area contributed by atoms with E-state index in [4.69, 9.17) is 5.73 Å². The van der Waals surface area contributed by atoms with Crippen molar-refractivity contribution in [3.63, 3.8) is 0 Å². The van der Waals surface area contributed by atoms with E-state index in [1.807, 2.05) is 6.20 Å². The first-order chi connectivity index (χ1) is 9.70. The summed E-state index contributed by atoms with van der Waals surface area (Å²) < 4.78 is 0. The molecule has 1 fully saturated rings. The van der Waals surface area contributed by atoms with Crippen molar-refractivity contribution >= 4 is 34.6 Å². The van der Waals surface area contributed by atoms with Gasteiger partial charge >= 0.3 is 0 Å². The van der Waals surface area contributed by atoms with Crippen molar-refractivity contribution in [1.29, 1.82) is 0 Å². The Morgan fingerprint density at radius 1 is 1.24 bits per heavy atom. The highest BCUT2D eigenvalue weighted by molar-refractivity contribution is 7.15. The Morgan fingerprint density at radius 2 is 2.00 bits per heavy atom. The molecule has 1 aromatic carbocycles. The summed E-state index contributed by atoms with van der Waals surface area (Å²) >= 11 is 1.59. The van der Waals surface area contributed by atoms with Gasteiger partial charge in [0.25, 0.3) is 0 Å². The lowest BCUT2D eigenvalue weighted by molar-refractivity contribution is 0.252. The number of hydrogen-bond acceptors (Lipinski definition) is 5. The zero-order chi connectivity index (χ0) is 13.9. The van der Waals surface area contributed by atoms with Gasteiger partial charge in [0.1, 0.15) is 0 Å². The van der Waals surface area contributed by atoms with Crippen LogP contribution in [0.4, 0.5) is 10.8 Å². The van der Waals surface area contributed by atoms with Crippen molar-refractivity contribution in [2.45, 2.75) is 13.5 Å². The first-order valence-electron chi connectivity index (χ1n) is 6.95. The van der Waals surface area contributed by atoms with E-state index in [0.29, 0.717) is 5.13 Å². The van der Waals surface area contributed by atoms with Crippen molar-refractivity contribution in [3.05, 3.63) is 40.9 Å². The second kappa shape index (κ2) is 7.11. The topological polar surface area (TPSA) is 45.4 Å². The van der Waals surface area contributed by atoms with Crippen LogP contribution in [0.15, 0.2) is 30.5 Å². The highest BCUT2D eigenvalue weighted by atomic mass is 35.5. The number of hydrogen-bond donors (Lipinski definition) is 1. The van der Waals surface area contributed by atoms with Crippen LogP contribution in [0.25, 0.3) is 0 Å². The summed E-state index contributed by atoms with van der Waals surface area (Å²) in [5.74, 6) is 0. The van der Waals surface area contributed by atoms with Gasteiger partial charge in [-0.2, -0.15) is 0 Å². The zero-order valence-electron chi connectivity index (χ0n) is 12.2. The van der Waals surface area contributed by atoms with Crippen molar-refractivity contribution in [2.75, 3.05) is 36.8 Å². The molecule has 0 aliphatic carbocycles. The number of halogens is 1. The molecule has 0 bridgehead atoms. The number of rotatable bonds is 3. The molecule has 0 amide bonds. The van der Waals surface area contributed by atoms with Gasteiger partial charge in [-0.05, 0) is 24.6 Å². The fourth-order valence-electron chi connectivity index (χ4n) is 2.60. The Kier molecular flexibility index (Phi) is 5.45. The minimum Gasteiger partial charge on any atom is -0.375 e. The molecule has 2 N–H and O–H groups in total. The van der Waals surface area contributed by atoms with Crippen LogP contribution in [0.3, 0.4) is 0 Å². The molecule has 0 saturated carbocycles. The molecule has 21 heavy (non-hydrogen) atoms. The van der Waals surface area contributed by atoms with E-state index in [1.54, 1.807) is 11.3 Å². The van der Waals surface area contributed by atoms with Crippen LogP contribution in [-0.2, 0) is 6.54 Å². The molecule has 114 valence electrons. The van der Waals surface area contributed by atoms with Crippen LogP contribution in [0.5, 0.6) is 0 Å². The summed E-state index contributed by atoms with van der Waals surface area (Å²) in [7, 11) is 0. The normalized spacial score (nSPS) is 15.8. The molecular formula is C15H21ClN4S. The first kappa shape index (κ1) is 16.1. The minimum absolute atomic E-state index is 0. The third kappa shape index (κ3) is 4.09. The van der Waals surface area contributed by atoms with Gasteiger partial charge in [-0.15, -0.1) is 23.7 Å². The highest BCUT2D eigenvalue weighted by Gasteiger charge is 2.17. The van der Waals surface area contributed by atoms with Crippen LogP contribution in [0.1, 0.15) is 10.4 Å². The summed E-state index contributed by atoms with van der Waals surface area (Å²) in [5.41, 5.74) is 8.34. The Labute approximate surface area is 136 Å². The van der Waals surface area contributed by atoms with Crippen LogP contribution in [-0.4, -0.2) is 36.1 Å². The average Bonchev–Trinajstić information content (AvgIpc) is 2.85. The molecule has 1 aliphatic rings. The standard InChI is InChI=1S/C15H20N4S.ClH/c1-12-3-2-4-13(9-12)19-7-5-18(6-8-19)11-14-10-17-15(16)20-14;/h2-4,9-10H,5-8,11H2,1H3,(H2,16,17);1H. The number of anilines is 2. The summed E-state index contributed by atoms with van der Waals surface area (Å²) in [6.45, 7) is 7.46. The van der Waals surface area contributed by atoms with Gasteiger partial charge in [0.15, 0.2) is 5.13 Å². The van der Waals surface area contributed by atoms with Crippen molar-refractivity contribution < 1.29 is 0 Å². The molecule has 0 radical (unpaired) electrons. The van der Waals surface area contributed by atoms with Gasteiger partial charge in [-0.25, -0.2) is 4.98 Å². The molecule has 4 nitrogen and oxygen atoms in total. The highest BCUT2D eigenvalue weighted by Crippen LogP contribution is 2.20. The lowest BCUT2D eigenvalue weighted by atomic mass is 10.2. The number of nitrogens with two attached hydrogens (primary N) is 1. The lowest BCUT2D eigenvalue weighted by Crippen LogP contribution is -2.45. The van der Waals surface area contributed by atoms with E-state index in [9.17, 15) is 0 Å². The van der Waals surface area contributed by atoms with E-state index in [0.717, 1.165) is 32.7 Å². The maximum atomic E-state index is 5.68. The molecule has 2 aromatic rings. The first-order valence-corrected chi connectivity index (χ1v) is 7.76. The van der Waals surface area contributed by atoms with E-state index >= 15 is 0 Å². The molecule has 6 heteroatoms. The van der Waals surface area contributed by atoms with E-state index in [1.165, 1.54) is 16.1 Å². The number of aromatic nitrogens is 1. The molecule has 0 spiro atoms. The number of nitrogen functional groups attached to an aromatic ring is 1. The lowest BCUT2D eigenvalue weighted by Gasteiger charge is -2.36. The van der Waals surface area contributed by atoms with Crippen molar-refractivity contribution in [3.8, 4) is 0 Å². The Bertz CT molecular complexity index is 579. The maximum Gasteiger partial charge on any atom is 0.180 e. The van der Waals surface area contributed by atoms with Crippen molar-refractivity contribution in [1.82, 2.24) is 9.88 Å². The second-order valence-electron chi connectivity index (χ2n) is 5.27. The molecule has 0 unspecified atom stereocenters. The predicted molar refractivity (Wildman–Crippen MR) is 92.4 cm³/mol. The van der Waals surface area contributed by atoms with E-state index in [2.05, 4.69) is 46.0 Å². The minimum atomic E-state index is 0. The monoisotopic (exact) mass is 324 g/mol. The number of aryl methyl sites for hydroxylation is 1. The van der Waals surface area contributed by atoms with Gasteiger partial charge in [-0.3, -0.25) is 4.90 Å². The number of piperazine rings is 1. The second-order valence-corrected chi connectivity index (χ2v) is 6.41. The van der Waals surface area contributed by atoms with E-state index < -0.39 is 0 Å². The SMILES string of the molecule is Cc1cccc(N2CCN(Cc3cnc(N)s3)CC2)c1.Cl. The quantitative estimate of drug-likeness (QED) is 0.943. The van der Waals surface area contributed by atoms with Crippen molar-refractivity contribution in [2.24, 2.45) is 0 Å². The van der Waals surface area contributed by atoms with Gasteiger partial charge in [-0.1, -0.05) is 12.1 Å². The van der Waals surface area contributed by atoms with Gasteiger partial charge in [0, 0.05) is 49.5 Å². The molecule has 3 rings (SSSR count).